The van der Waals surface area contributed by atoms with Crippen LogP contribution >= 0.6 is 0 Å². The van der Waals surface area contributed by atoms with Crippen LogP contribution in [0.4, 0.5) is 0 Å². The fourth-order valence-corrected chi connectivity index (χ4v) is 3.15. The molecule has 24 heavy (non-hydrogen) atoms. The van der Waals surface area contributed by atoms with Crippen LogP contribution in [0, 0.1) is 0 Å². The summed E-state index contributed by atoms with van der Waals surface area (Å²) >= 11 is 0. The highest BCUT2D eigenvalue weighted by atomic mass is 16.6. The second kappa shape index (κ2) is 5.46. The number of allylic oxidation sites excluding steroid dienone is 2. The molecule has 0 N–H and O–H groups in total. The van der Waals surface area contributed by atoms with Gasteiger partial charge in [-0.25, -0.2) is 4.79 Å². The first-order valence-corrected chi connectivity index (χ1v) is 7.71. The summed E-state index contributed by atoms with van der Waals surface area (Å²) in [6.07, 6.45) is 6.21. The standard InChI is InChI=1S/C21H14O3/c22-17-11-13-21(14-12-17)19(16-9-5-2-6-10-16)18(20(23)24-21)15-7-3-1-4-8-15/h1-14H. The van der Waals surface area contributed by atoms with E-state index in [4.69, 9.17) is 4.74 Å². The molecular formula is C21H14O3. The van der Waals surface area contributed by atoms with Crippen molar-refractivity contribution in [1.82, 2.24) is 0 Å². The van der Waals surface area contributed by atoms with Gasteiger partial charge in [-0.2, -0.15) is 0 Å². The molecule has 1 heterocycles. The number of carbonyl (C=O) groups is 2. The molecule has 0 fully saturated rings. The van der Waals surface area contributed by atoms with Crippen LogP contribution < -0.4 is 0 Å². The predicted octanol–water partition coefficient (Wildman–Crippen LogP) is 3.59. The maximum atomic E-state index is 12.7. The normalized spacial score (nSPS) is 18.3. The first-order chi connectivity index (χ1) is 11.7. The first kappa shape index (κ1) is 14.4. The molecule has 2 aromatic rings. The molecule has 3 nitrogen and oxygen atoms in total. The number of esters is 1. The molecule has 0 saturated heterocycles. The van der Waals surface area contributed by atoms with Crippen molar-refractivity contribution in [2.45, 2.75) is 5.60 Å². The Kier molecular flexibility index (Phi) is 3.28. The quantitative estimate of drug-likeness (QED) is 0.796. The molecule has 0 atom stereocenters. The van der Waals surface area contributed by atoms with Crippen molar-refractivity contribution in [2.24, 2.45) is 0 Å². The zero-order chi connectivity index (χ0) is 16.6. The molecule has 1 spiro atoms. The highest BCUT2D eigenvalue weighted by Gasteiger charge is 2.46. The fraction of sp³-hybridized carbons (Fsp3) is 0.0476. The topological polar surface area (TPSA) is 43.4 Å². The summed E-state index contributed by atoms with van der Waals surface area (Å²) in [5.74, 6) is -0.499. The molecule has 0 radical (unpaired) electrons. The molecule has 0 saturated carbocycles. The molecule has 2 aliphatic rings. The maximum absolute atomic E-state index is 12.7. The van der Waals surface area contributed by atoms with Crippen LogP contribution in [0.3, 0.4) is 0 Å². The van der Waals surface area contributed by atoms with Gasteiger partial charge in [-0.15, -0.1) is 0 Å². The van der Waals surface area contributed by atoms with Crippen molar-refractivity contribution >= 4 is 22.9 Å². The molecule has 0 bridgehead atoms. The summed E-state index contributed by atoms with van der Waals surface area (Å²) < 4.78 is 5.73. The van der Waals surface area contributed by atoms with E-state index in [1.54, 1.807) is 12.2 Å². The zero-order valence-electron chi connectivity index (χ0n) is 12.8. The van der Waals surface area contributed by atoms with Gasteiger partial charge in [0.25, 0.3) is 0 Å². The van der Waals surface area contributed by atoms with Crippen molar-refractivity contribution in [3.63, 3.8) is 0 Å². The lowest BCUT2D eigenvalue weighted by atomic mass is 9.82. The van der Waals surface area contributed by atoms with E-state index in [0.29, 0.717) is 5.57 Å². The summed E-state index contributed by atoms with van der Waals surface area (Å²) in [7, 11) is 0. The van der Waals surface area contributed by atoms with Gasteiger partial charge in [0, 0.05) is 5.57 Å². The van der Waals surface area contributed by atoms with Gasteiger partial charge >= 0.3 is 5.97 Å². The van der Waals surface area contributed by atoms with Gasteiger partial charge in [0.1, 0.15) is 0 Å². The van der Waals surface area contributed by atoms with Crippen molar-refractivity contribution in [3.05, 3.63) is 96.1 Å². The Hall–Kier alpha value is -3.20. The third kappa shape index (κ3) is 2.22. The Morgan fingerprint density at radius 3 is 1.83 bits per heavy atom. The number of ketones is 1. The van der Waals surface area contributed by atoms with Crippen LogP contribution in [0.15, 0.2) is 85.0 Å². The average Bonchev–Trinajstić information content (AvgIpc) is 2.91. The van der Waals surface area contributed by atoms with E-state index in [1.807, 2.05) is 60.7 Å². The first-order valence-electron chi connectivity index (χ1n) is 7.71. The monoisotopic (exact) mass is 314 g/mol. The number of rotatable bonds is 2. The summed E-state index contributed by atoms with van der Waals surface area (Å²) in [5, 5.41) is 0. The molecule has 4 rings (SSSR count). The summed E-state index contributed by atoms with van der Waals surface area (Å²) in [6, 6.07) is 19.1. The zero-order valence-corrected chi connectivity index (χ0v) is 12.8. The van der Waals surface area contributed by atoms with Crippen LogP contribution in [-0.2, 0) is 14.3 Å². The van der Waals surface area contributed by atoms with E-state index in [9.17, 15) is 9.59 Å². The average molecular weight is 314 g/mol. The Balaban J connectivity index is 2.00. The minimum Gasteiger partial charge on any atom is -0.442 e. The largest absolute Gasteiger partial charge is 0.442 e. The number of hydrogen-bond donors (Lipinski definition) is 0. The molecule has 3 heteroatoms. The SMILES string of the molecule is O=C1C=CC2(C=C1)OC(=O)C(c1ccccc1)=C2c1ccccc1. The second-order valence-electron chi connectivity index (χ2n) is 5.73. The van der Waals surface area contributed by atoms with E-state index in [2.05, 4.69) is 0 Å². The van der Waals surface area contributed by atoms with Crippen LogP contribution in [0.2, 0.25) is 0 Å². The molecule has 1 aliphatic carbocycles. The van der Waals surface area contributed by atoms with Crippen molar-refractivity contribution < 1.29 is 14.3 Å². The maximum Gasteiger partial charge on any atom is 0.340 e. The molecular weight excluding hydrogens is 300 g/mol. The van der Waals surface area contributed by atoms with Crippen molar-refractivity contribution in [2.75, 3.05) is 0 Å². The molecule has 0 aromatic heterocycles. The minimum absolute atomic E-state index is 0.114. The third-order valence-electron chi connectivity index (χ3n) is 4.22. The number of hydrogen-bond acceptors (Lipinski definition) is 3. The Labute approximate surface area is 139 Å². The van der Waals surface area contributed by atoms with Crippen LogP contribution in [0.25, 0.3) is 11.1 Å². The second-order valence-corrected chi connectivity index (χ2v) is 5.73. The number of carbonyl (C=O) groups excluding carboxylic acids is 2. The van der Waals surface area contributed by atoms with Gasteiger partial charge in [-0.1, -0.05) is 60.7 Å². The molecule has 116 valence electrons. The Morgan fingerprint density at radius 1 is 0.708 bits per heavy atom. The van der Waals surface area contributed by atoms with Gasteiger partial charge in [-0.05, 0) is 35.4 Å². The van der Waals surface area contributed by atoms with E-state index in [-0.39, 0.29) is 11.8 Å². The van der Waals surface area contributed by atoms with Gasteiger partial charge in [0.15, 0.2) is 11.4 Å². The number of ether oxygens (including phenoxy) is 1. The van der Waals surface area contributed by atoms with Gasteiger partial charge in [-0.3, -0.25) is 4.79 Å². The molecule has 2 aromatic carbocycles. The van der Waals surface area contributed by atoms with Crippen LogP contribution in [-0.4, -0.2) is 17.4 Å². The summed E-state index contributed by atoms with van der Waals surface area (Å²) in [4.78, 5) is 24.2. The van der Waals surface area contributed by atoms with E-state index in [1.165, 1.54) is 12.2 Å². The van der Waals surface area contributed by atoms with E-state index >= 15 is 0 Å². The number of benzene rings is 2. The van der Waals surface area contributed by atoms with E-state index in [0.717, 1.165) is 16.7 Å². The van der Waals surface area contributed by atoms with Crippen LogP contribution in [0.5, 0.6) is 0 Å². The highest BCUT2D eigenvalue weighted by molar-refractivity contribution is 6.29. The van der Waals surface area contributed by atoms with Gasteiger partial charge in [0.2, 0.25) is 0 Å². The summed E-state index contributed by atoms with van der Waals surface area (Å²) in [5.41, 5.74) is 1.96. The lowest BCUT2D eigenvalue weighted by molar-refractivity contribution is -0.139. The third-order valence-corrected chi connectivity index (χ3v) is 4.22. The fourth-order valence-electron chi connectivity index (χ4n) is 3.15. The van der Waals surface area contributed by atoms with Crippen LogP contribution in [0.1, 0.15) is 11.1 Å². The Morgan fingerprint density at radius 2 is 1.25 bits per heavy atom. The summed E-state index contributed by atoms with van der Waals surface area (Å²) in [6.45, 7) is 0. The molecule has 1 aliphatic heterocycles. The lowest BCUT2D eigenvalue weighted by Gasteiger charge is -2.26. The van der Waals surface area contributed by atoms with Gasteiger partial charge < -0.3 is 4.74 Å². The smallest absolute Gasteiger partial charge is 0.340 e. The minimum atomic E-state index is -1.03. The van der Waals surface area contributed by atoms with E-state index < -0.39 is 5.60 Å². The van der Waals surface area contributed by atoms with Crippen molar-refractivity contribution in [1.29, 1.82) is 0 Å². The molecule has 0 unspecified atom stereocenters. The lowest BCUT2D eigenvalue weighted by Crippen LogP contribution is -2.28. The van der Waals surface area contributed by atoms with Crippen molar-refractivity contribution in [3.8, 4) is 0 Å². The Bertz CT molecular complexity index is 887. The predicted molar refractivity (Wildman–Crippen MR) is 91.8 cm³/mol. The highest BCUT2D eigenvalue weighted by Crippen LogP contribution is 2.46. The van der Waals surface area contributed by atoms with Gasteiger partial charge in [0.05, 0.1) is 5.57 Å². The molecule has 0 amide bonds.